The van der Waals surface area contributed by atoms with Gasteiger partial charge in [-0.15, -0.1) is 10.2 Å². The highest BCUT2D eigenvalue weighted by atomic mass is 79.9. The summed E-state index contributed by atoms with van der Waals surface area (Å²) < 4.78 is 5.19. The molecular weight excluding hydrogens is 280 g/mol. The van der Waals surface area contributed by atoms with E-state index in [9.17, 15) is 0 Å². The van der Waals surface area contributed by atoms with Gasteiger partial charge >= 0.3 is 0 Å². The first-order valence-corrected chi connectivity index (χ1v) is 6.10. The number of halogens is 1. The molecule has 0 N–H and O–H groups in total. The zero-order chi connectivity index (χ0) is 11.8. The van der Waals surface area contributed by atoms with E-state index in [1.54, 1.807) is 6.33 Å². The van der Waals surface area contributed by atoms with Crippen molar-refractivity contribution in [1.29, 1.82) is 0 Å². The van der Waals surface area contributed by atoms with Gasteiger partial charge in [0, 0.05) is 23.2 Å². The predicted octanol–water partition coefficient (Wildman–Crippen LogP) is 2.58. The summed E-state index contributed by atoms with van der Waals surface area (Å²) in [6, 6.07) is 8.38. The summed E-state index contributed by atoms with van der Waals surface area (Å²) in [5, 5.41) is 9.22. The van der Waals surface area contributed by atoms with Crippen LogP contribution in [-0.4, -0.2) is 19.3 Å². The van der Waals surface area contributed by atoms with Gasteiger partial charge in [-0.25, -0.2) is 0 Å². The van der Waals surface area contributed by atoms with Crippen LogP contribution in [0.5, 0.6) is 0 Å². The topological polar surface area (TPSA) is 35.6 Å². The van der Waals surface area contributed by atoms with Crippen molar-refractivity contribution in [3.05, 3.63) is 47.1 Å². The molecule has 5 heteroatoms. The Morgan fingerprint density at radius 2 is 2.18 bits per heavy atom. The van der Waals surface area contributed by atoms with Crippen LogP contribution < -0.4 is 0 Å². The molecule has 0 spiro atoms. The first-order valence-electron chi connectivity index (χ1n) is 5.31. The lowest BCUT2D eigenvalue weighted by molar-refractivity contribution is 0.716. The summed E-state index contributed by atoms with van der Waals surface area (Å²) in [5.41, 5.74) is 1.20. The molecule has 0 saturated carbocycles. The zero-order valence-corrected chi connectivity index (χ0v) is 10.9. The molecule has 0 radical (unpaired) electrons. The Morgan fingerprint density at radius 1 is 1.29 bits per heavy atom. The molecule has 3 aromatic rings. The predicted molar refractivity (Wildman–Crippen MR) is 69.7 cm³/mol. The lowest BCUT2D eigenvalue weighted by Gasteiger charge is -2.04. The SMILES string of the molecule is Cn1cnnc1Cn1ccc2ccc(Br)cc21. The Morgan fingerprint density at radius 3 is 2.94 bits per heavy atom. The van der Waals surface area contributed by atoms with E-state index < -0.39 is 0 Å². The van der Waals surface area contributed by atoms with Crippen molar-refractivity contribution in [3.8, 4) is 0 Å². The molecule has 3 rings (SSSR count). The Balaban J connectivity index is 2.06. The third-order valence-corrected chi connectivity index (χ3v) is 3.35. The van der Waals surface area contributed by atoms with Gasteiger partial charge in [-0.1, -0.05) is 22.0 Å². The van der Waals surface area contributed by atoms with Gasteiger partial charge in [-0.3, -0.25) is 0 Å². The second kappa shape index (κ2) is 4.00. The maximum Gasteiger partial charge on any atom is 0.152 e. The van der Waals surface area contributed by atoms with Crippen molar-refractivity contribution in [2.75, 3.05) is 0 Å². The normalized spacial score (nSPS) is 11.2. The number of aromatic nitrogens is 4. The average molecular weight is 291 g/mol. The van der Waals surface area contributed by atoms with Gasteiger partial charge in [0.1, 0.15) is 6.33 Å². The van der Waals surface area contributed by atoms with E-state index in [-0.39, 0.29) is 0 Å². The lowest BCUT2D eigenvalue weighted by Crippen LogP contribution is -2.04. The highest BCUT2D eigenvalue weighted by molar-refractivity contribution is 9.10. The van der Waals surface area contributed by atoms with E-state index in [1.165, 1.54) is 10.9 Å². The number of hydrogen-bond acceptors (Lipinski definition) is 2. The van der Waals surface area contributed by atoms with E-state index in [0.29, 0.717) is 0 Å². The number of nitrogens with zero attached hydrogens (tertiary/aromatic N) is 4. The average Bonchev–Trinajstić information content (AvgIpc) is 2.88. The van der Waals surface area contributed by atoms with Gasteiger partial charge < -0.3 is 9.13 Å². The zero-order valence-electron chi connectivity index (χ0n) is 9.34. The van der Waals surface area contributed by atoms with Gasteiger partial charge in [0.05, 0.1) is 6.54 Å². The molecule has 0 saturated heterocycles. The van der Waals surface area contributed by atoms with Gasteiger partial charge in [0.2, 0.25) is 0 Å². The van der Waals surface area contributed by atoms with Crippen molar-refractivity contribution in [3.63, 3.8) is 0 Å². The van der Waals surface area contributed by atoms with Crippen LogP contribution in [0, 0.1) is 0 Å². The van der Waals surface area contributed by atoms with Crippen LogP contribution in [0.4, 0.5) is 0 Å². The summed E-state index contributed by atoms with van der Waals surface area (Å²) in [6.45, 7) is 0.733. The Kier molecular flexibility index (Phi) is 2.48. The van der Waals surface area contributed by atoms with E-state index in [0.717, 1.165) is 16.8 Å². The third kappa shape index (κ3) is 1.86. The quantitative estimate of drug-likeness (QED) is 0.727. The fourth-order valence-electron chi connectivity index (χ4n) is 1.90. The molecule has 1 aromatic carbocycles. The van der Waals surface area contributed by atoms with Crippen molar-refractivity contribution in [2.24, 2.45) is 7.05 Å². The molecule has 0 aliphatic rings. The van der Waals surface area contributed by atoms with E-state index in [4.69, 9.17) is 0 Å². The Bertz CT molecular complexity index is 668. The Labute approximate surface area is 107 Å². The number of aryl methyl sites for hydroxylation is 1. The second-order valence-electron chi connectivity index (χ2n) is 4.00. The minimum absolute atomic E-state index is 0.733. The van der Waals surface area contributed by atoms with E-state index >= 15 is 0 Å². The Hall–Kier alpha value is -1.62. The molecular formula is C12H11BrN4. The minimum atomic E-state index is 0.733. The fraction of sp³-hybridized carbons (Fsp3) is 0.167. The highest BCUT2D eigenvalue weighted by Gasteiger charge is 2.05. The lowest BCUT2D eigenvalue weighted by atomic mass is 10.2. The highest BCUT2D eigenvalue weighted by Crippen LogP contribution is 2.21. The minimum Gasteiger partial charge on any atom is -0.340 e. The number of fused-ring (bicyclic) bond motifs is 1. The first kappa shape index (κ1) is 10.5. The molecule has 0 aliphatic carbocycles. The van der Waals surface area contributed by atoms with Crippen LogP contribution in [0.1, 0.15) is 5.82 Å². The van der Waals surface area contributed by atoms with E-state index in [2.05, 4.69) is 61.2 Å². The van der Waals surface area contributed by atoms with Crippen molar-refractivity contribution in [2.45, 2.75) is 6.54 Å². The first-order chi connectivity index (χ1) is 8.24. The number of rotatable bonds is 2. The summed E-state index contributed by atoms with van der Waals surface area (Å²) in [6.07, 6.45) is 3.79. The van der Waals surface area contributed by atoms with Gasteiger partial charge in [-0.2, -0.15) is 0 Å². The van der Waals surface area contributed by atoms with Gasteiger partial charge in [0.15, 0.2) is 5.82 Å². The monoisotopic (exact) mass is 290 g/mol. The molecule has 0 fully saturated rings. The summed E-state index contributed by atoms with van der Waals surface area (Å²) in [4.78, 5) is 0. The second-order valence-corrected chi connectivity index (χ2v) is 4.92. The summed E-state index contributed by atoms with van der Waals surface area (Å²) >= 11 is 3.50. The smallest absolute Gasteiger partial charge is 0.152 e. The standard InChI is InChI=1S/C12H11BrN4/c1-16-8-14-15-12(16)7-17-5-4-9-2-3-10(13)6-11(9)17/h2-6,8H,7H2,1H3. The summed E-state index contributed by atoms with van der Waals surface area (Å²) in [7, 11) is 1.96. The molecule has 86 valence electrons. The van der Waals surface area contributed by atoms with Crippen LogP contribution in [0.15, 0.2) is 41.3 Å². The molecule has 0 amide bonds. The molecule has 17 heavy (non-hydrogen) atoms. The van der Waals surface area contributed by atoms with Gasteiger partial charge in [0.25, 0.3) is 0 Å². The van der Waals surface area contributed by atoms with Gasteiger partial charge in [-0.05, 0) is 23.6 Å². The maximum absolute atomic E-state index is 4.10. The third-order valence-electron chi connectivity index (χ3n) is 2.85. The number of benzene rings is 1. The number of hydrogen-bond donors (Lipinski definition) is 0. The summed E-state index contributed by atoms with van der Waals surface area (Å²) in [5.74, 6) is 0.947. The molecule has 0 unspecified atom stereocenters. The fourth-order valence-corrected chi connectivity index (χ4v) is 2.25. The van der Waals surface area contributed by atoms with Crippen LogP contribution in [-0.2, 0) is 13.6 Å². The van der Waals surface area contributed by atoms with Crippen molar-refractivity contribution < 1.29 is 0 Å². The van der Waals surface area contributed by atoms with Crippen LogP contribution >= 0.6 is 15.9 Å². The molecule has 2 heterocycles. The van der Waals surface area contributed by atoms with Crippen molar-refractivity contribution >= 4 is 26.8 Å². The van der Waals surface area contributed by atoms with Crippen molar-refractivity contribution in [1.82, 2.24) is 19.3 Å². The molecule has 2 aromatic heterocycles. The molecule has 0 atom stereocenters. The van der Waals surface area contributed by atoms with E-state index in [1.807, 2.05) is 11.6 Å². The molecule has 0 bridgehead atoms. The molecule has 4 nitrogen and oxygen atoms in total. The van der Waals surface area contributed by atoms with Crippen LogP contribution in [0.2, 0.25) is 0 Å². The van der Waals surface area contributed by atoms with Crippen LogP contribution in [0.25, 0.3) is 10.9 Å². The largest absolute Gasteiger partial charge is 0.340 e. The molecule has 0 aliphatic heterocycles. The van der Waals surface area contributed by atoms with Crippen LogP contribution in [0.3, 0.4) is 0 Å². The maximum atomic E-state index is 4.10.